The van der Waals surface area contributed by atoms with Crippen LogP contribution in [0.15, 0.2) is 53.4 Å². The molecular weight excluding hydrogens is 394 g/mol. The Balaban J connectivity index is 1.69. The molecule has 0 bridgehead atoms. The first-order valence-electron chi connectivity index (χ1n) is 9.42. The van der Waals surface area contributed by atoms with Crippen molar-refractivity contribution in [1.29, 1.82) is 0 Å². The first-order chi connectivity index (χ1) is 13.9. The Morgan fingerprint density at radius 3 is 1.86 bits per heavy atom. The lowest BCUT2D eigenvalue weighted by molar-refractivity contribution is 0.0600. The van der Waals surface area contributed by atoms with Gasteiger partial charge in [-0.25, -0.2) is 18.0 Å². The maximum atomic E-state index is 12.8. The lowest BCUT2D eigenvalue weighted by atomic mass is 10.2. The second-order valence-corrected chi connectivity index (χ2v) is 8.69. The summed E-state index contributed by atoms with van der Waals surface area (Å²) in [5.74, 6) is -0.831. The van der Waals surface area contributed by atoms with Crippen LogP contribution in [0.2, 0.25) is 0 Å². The van der Waals surface area contributed by atoms with Gasteiger partial charge in [-0.15, -0.1) is 0 Å². The smallest absolute Gasteiger partial charge is 0.343 e. The van der Waals surface area contributed by atoms with E-state index < -0.39 is 22.0 Å². The summed E-state index contributed by atoms with van der Waals surface area (Å²) < 4.78 is 37.0. The molecule has 154 valence electrons. The highest BCUT2D eigenvalue weighted by Gasteiger charge is 2.25. The molecule has 1 heterocycles. The summed E-state index contributed by atoms with van der Waals surface area (Å²) in [7, 11) is -2.28. The van der Waals surface area contributed by atoms with E-state index in [2.05, 4.69) is 4.74 Å². The predicted octanol–water partition coefficient (Wildman–Crippen LogP) is 3.26. The summed E-state index contributed by atoms with van der Waals surface area (Å²) in [6, 6.07) is 11.7. The molecule has 0 aromatic heterocycles. The first-order valence-corrected chi connectivity index (χ1v) is 10.9. The number of hydrogen-bond donors (Lipinski definition) is 0. The number of nitrogens with zero attached hydrogens (tertiary/aromatic N) is 1. The Kier molecular flexibility index (Phi) is 6.66. The third kappa shape index (κ3) is 5.02. The largest absolute Gasteiger partial charge is 0.465 e. The number of hydrogen-bond acceptors (Lipinski definition) is 6. The van der Waals surface area contributed by atoms with Crippen LogP contribution in [-0.2, 0) is 14.8 Å². The fourth-order valence-electron chi connectivity index (χ4n) is 3.14. The Morgan fingerprint density at radius 2 is 1.31 bits per heavy atom. The zero-order valence-corrected chi connectivity index (χ0v) is 17.0. The minimum atomic E-state index is -3.56. The van der Waals surface area contributed by atoms with Gasteiger partial charge in [0.05, 0.1) is 23.1 Å². The normalized spacial score (nSPS) is 15.3. The molecule has 2 aromatic rings. The number of carbonyl (C=O) groups is 2. The fraction of sp³-hybridized carbons (Fsp3) is 0.333. The van der Waals surface area contributed by atoms with Crippen LogP contribution in [0, 0.1) is 0 Å². The quantitative estimate of drug-likeness (QED) is 0.548. The maximum Gasteiger partial charge on any atom is 0.343 e. The maximum absolute atomic E-state index is 12.8. The number of esters is 2. The van der Waals surface area contributed by atoms with E-state index in [9.17, 15) is 18.0 Å². The zero-order valence-electron chi connectivity index (χ0n) is 16.2. The van der Waals surface area contributed by atoms with E-state index in [1.54, 1.807) is 0 Å². The second-order valence-electron chi connectivity index (χ2n) is 6.75. The van der Waals surface area contributed by atoms with Gasteiger partial charge in [-0.2, -0.15) is 4.31 Å². The first kappa shape index (κ1) is 21.0. The van der Waals surface area contributed by atoms with Crippen molar-refractivity contribution in [2.75, 3.05) is 20.2 Å². The fourth-order valence-corrected chi connectivity index (χ4v) is 4.65. The van der Waals surface area contributed by atoms with Crippen LogP contribution in [0.4, 0.5) is 0 Å². The molecule has 0 atom stereocenters. The van der Waals surface area contributed by atoms with E-state index in [0.29, 0.717) is 18.7 Å². The van der Waals surface area contributed by atoms with Gasteiger partial charge in [-0.3, -0.25) is 0 Å². The third-order valence-corrected chi connectivity index (χ3v) is 6.69. The number of carbonyl (C=O) groups excluding carboxylic acids is 2. The van der Waals surface area contributed by atoms with Crippen LogP contribution >= 0.6 is 0 Å². The molecule has 3 rings (SSSR count). The molecule has 1 aliphatic heterocycles. The number of methoxy groups -OCH3 is 1. The van der Waals surface area contributed by atoms with E-state index in [1.165, 1.54) is 59.9 Å². The minimum Gasteiger partial charge on any atom is -0.465 e. The Bertz CT molecular complexity index is 959. The van der Waals surface area contributed by atoms with E-state index in [0.717, 1.165) is 25.7 Å². The molecule has 0 unspecified atom stereocenters. The molecule has 7 nitrogen and oxygen atoms in total. The molecule has 29 heavy (non-hydrogen) atoms. The summed E-state index contributed by atoms with van der Waals surface area (Å²) in [4.78, 5) is 23.9. The summed E-state index contributed by atoms with van der Waals surface area (Å²) in [5, 5.41) is 0. The van der Waals surface area contributed by atoms with Crippen LogP contribution in [-0.4, -0.2) is 44.9 Å². The highest BCUT2D eigenvalue weighted by atomic mass is 32.2. The van der Waals surface area contributed by atoms with Crippen molar-refractivity contribution in [2.24, 2.45) is 0 Å². The van der Waals surface area contributed by atoms with Crippen molar-refractivity contribution < 1.29 is 27.5 Å². The van der Waals surface area contributed by atoms with E-state index >= 15 is 0 Å². The van der Waals surface area contributed by atoms with Crippen molar-refractivity contribution in [2.45, 2.75) is 30.6 Å². The molecule has 8 heteroatoms. The lowest BCUT2D eigenvalue weighted by Crippen LogP contribution is -2.31. The number of sulfonamides is 1. The average Bonchev–Trinajstić information content (AvgIpc) is 3.04. The predicted molar refractivity (Wildman–Crippen MR) is 106 cm³/mol. The second kappa shape index (κ2) is 9.19. The van der Waals surface area contributed by atoms with Crippen LogP contribution in [0.1, 0.15) is 46.4 Å². The molecule has 0 amide bonds. The van der Waals surface area contributed by atoms with Crippen LogP contribution in [0.3, 0.4) is 0 Å². The molecule has 0 saturated carbocycles. The molecular formula is C21H23NO6S. The number of ether oxygens (including phenoxy) is 2. The van der Waals surface area contributed by atoms with Gasteiger partial charge in [-0.05, 0) is 61.4 Å². The summed E-state index contributed by atoms with van der Waals surface area (Å²) in [6.45, 7) is 1.04. The monoisotopic (exact) mass is 417 g/mol. The van der Waals surface area contributed by atoms with Crippen molar-refractivity contribution in [3.8, 4) is 5.75 Å². The lowest BCUT2D eigenvalue weighted by Gasteiger charge is -2.19. The molecule has 2 aromatic carbocycles. The molecule has 1 aliphatic rings. The van der Waals surface area contributed by atoms with Gasteiger partial charge >= 0.3 is 11.9 Å². The summed E-state index contributed by atoms with van der Waals surface area (Å²) >= 11 is 0. The molecule has 0 spiro atoms. The number of benzene rings is 2. The molecule has 0 aliphatic carbocycles. The Morgan fingerprint density at radius 1 is 0.793 bits per heavy atom. The summed E-state index contributed by atoms with van der Waals surface area (Å²) in [5.41, 5.74) is 0.576. The van der Waals surface area contributed by atoms with Gasteiger partial charge in [0.1, 0.15) is 5.75 Å². The van der Waals surface area contributed by atoms with Crippen LogP contribution in [0.25, 0.3) is 0 Å². The SMILES string of the molecule is COC(=O)c1ccc(OC(=O)c2ccc(S(=O)(=O)N3CCCCCC3)cc2)cc1. The van der Waals surface area contributed by atoms with Crippen LogP contribution in [0.5, 0.6) is 5.75 Å². The molecule has 0 radical (unpaired) electrons. The topological polar surface area (TPSA) is 90.0 Å². The van der Waals surface area contributed by atoms with Gasteiger partial charge in [0.15, 0.2) is 0 Å². The van der Waals surface area contributed by atoms with Gasteiger partial charge in [0.25, 0.3) is 0 Å². The van der Waals surface area contributed by atoms with E-state index in [1.807, 2.05) is 0 Å². The highest BCUT2D eigenvalue weighted by molar-refractivity contribution is 7.89. The molecule has 1 saturated heterocycles. The third-order valence-electron chi connectivity index (χ3n) is 4.78. The van der Waals surface area contributed by atoms with Gasteiger partial charge in [0, 0.05) is 13.1 Å². The zero-order chi connectivity index (χ0) is 20.9. The highest BCUT2D eigenvalue weighted by Crippen LogP contribution is 2.21. The molecule has 1 fully saturated rings. The van der Waals surface area contributed by atoms with Crippen molar-refractivity contribution >= 4 is 22.0 Å². The van der Waals surface area contributed by atoms with E-state index in [4.69, 9.17) is 4.74 Å². The van der Waals surface area contributed by atoms with Crippen molar-refractivity contribution in [3.63, 3.8) is 0 Å². The number of rotatable bonds is 5. The summed E-state index contributed by atoms with van der Waals surface area (Å²) in [6.07, 6.45) is 3.80. The van der Waals surface area contributed by atoms with Gasteiger partial charge < -0.3 is 9.47 Å². The molecule has 0 N–H and O–H groups in total. The Labute approximate surface area is 170 Å². The minimum absolute atomic E-state index is 0.165. The van der Waals surface area contributed by atoms with Crippen molar-refractivity contribution in [3.05, 3.63) is 59.7 Å². The van der Waals surface area contributed by atoms with Crippen LogP contribution < -0.4 is 4.74 Å². The van der Waals surface area contributed by atoms with E-state index in [-0.39, 0.29) is 16.2 Å². The van der Waals surface area contributed by atoms with Crippen molar-refractivity contribution in [1.82, 2.24) is 4.31 Å². The average molecular weight is 417 g/mol. The van der Waals surface area contributed by atoms with Gasteiger partial charge in [-0.1, -0.05) is 12.8 Å². The Hall–Kier alpha value is -2.71. The van der Waals surface area contributed by atoms with Gasteiger partial charge in [0.2, 0.25) is 10.0 Å². The standard InChI is InChI=1S/C21H23NO6S/c1-27-20(23)16-6-10-18(11-7-16)28-21(24)17-8-12-19(13-9-17)29(25,26)22-14-4-2-3-5-15-22/h6-13H,2-5,14-15H2,1H3.